The first-order valence-corrected chi connectivity index (χ1v) is 4.19. The molecule has 0 saturated carbocycles. The van der Waals surface area contributed by atoms with E-state index in [4.69, 9.17) is 0 Å². The molecule has 1 aromatic rings. The van der Waals surface area contributed by atoms with Gasteiger partial charge in [0.15, 0.2) is 0 Å². The topological polar surface area (TPSA) is 98.0 Å². The molecule has 0 atom stereocenters. The highest BCUT2D eigenvalue weighted by atomic mass is 32.2. The van der Waals surface area contributed by atoms with Gasteiger partial charge in [0.05, 0.1) is 0 Å². The molecule has 1 rings (SSSR count). The Balaban J connectivity index is 2.82. The zero-order valence-corrected chi connectivity index (χ0v) is 6.25. The highest BCUT2D eigenvalue weighted by Crippen LogP contribution is 1.97. The van der Waals surface area contributed by atoms with Gasteiger partial charge in [-0.25, -0.2) is 15.1 Å². The Hall–Kier alpha value is -1.21. The summed E-state index contributed by atoms with van der Waals surface area (Å²) in [4.78, 5) is 7.17. The molecule has 1 aromatic heterocycles. The van der Waals surface area contributed by atoms with Crippen LogP contribution in [0.15, 0.2) is 18.6 Å². The summed E-state index contributed by atoms with van der Waals surface area (Å²) in [5.74, 6) is 0.155. The average Bonchev–Trinajstić information content (AvgIpc) is 1.85. The maximum Gasteiger partial charge on any atom is 0.297 e. The molecule has 0 fully saturated rings. The third kappa shape index (κ3) is 2.92. The van der Waals surface area contributed by atoms with Crippen molar-refractivity contribution in [3.63, 3.8) is 0 Å². The van der Waals surface area contributed by atoms with Crippen molar-refractivity contribution in [2.24, 2.45) is 5.14 Å². The fourth-order valence-corrected chi connectivity index (χ4v) is 0.909. The van der Waals surface area contributed by atoms with E-state index in [0.29, 0.717) is 0 Å². The van der Waals surface area contributed by atoms with Crippen molar-refractivity contribution in [1.29, 1.82) is 0 Å². The van der Waals surface area contributed by atoms with Crippen molar-refractivity contribution in [2.45, 2.75) is 0 Å². The molecular formula is C4H6N4O2S. The van der Waals surface area contributed by atoms with E-state index in [1.165, 1.54) is 18.6 Å². The first-order chi connectivity index (χ1) is 5.08. The number of nitrogens with one attached hydrogen (secondary N) is 1. The van der Waals surface area contributed by atoms with E-state index in [0.717, 1.165) is 0 Å². The van der Waals surface area contributed by atoms with E-state index >= 15 is 0 Å². The van der Waals surface area contributed by atoms with E-state index in [-0.39, 0.29) is 5.82 Å². The first kappa shape index (κ1) is 7.89. The molecule has 0 aliphatic rings. The molecule has 60 valence electrons. The van der Waals surface area contributed by atoms with Crippen molar-refractivity contribution in [1.82, 2.24) is 9.97 Å². The van der Waals surface area contributed by atoms with Crippen LogP contribution in [-0.2, 0) is 10.2 Å². The third-order valence-electron chi connectivity index (χ3n) is 0.829. The predicted octanol–water partition coefficient (Wildman–Crippen LogP) is -0.908. The second-order valence-electron chi connectivity index (χ2n) is 1.74. The fraction of sp³-hybridized carbons (Fsp3) is 0. The zero-order chi connectivity index (χ0) is 8.32. The van der Waals surface area contributed by atoms with Crippen LogP contribution in [-0.4, -0.2) is 18.4 Å². The number of nitrogens with zero attached hydrogens (tertiary/aromatic N) is 2. The van der Waals surface area contributed by atoms with Gasteiger partial charge in [0, 0.05) is 6.20 Å². The number of aromatic nitrogens is 2. The Morgan fingerprint density at radius 3 is 2.73 bits per heavy atom. The van der Waals surface area contributed by atoms with Crippen LogP contribution in [0.3, 0.4) is 0 Å². The summed E-state index contributed by atoms with van der Waals surface area (Å²) in [7, 11) is -3.72. The molecule has 0 bridgehead atoms. The SMILES string of the molecule is NS(=O)(=O)Nc1ccncn1. The fourth-order valence-electron chi connectivity index (χ4n) is 0.497. The molecular weight excluding hydrogens is 168 g/mol. The van der Waals surface area contributed by atoms with Crippen LogP contribution in [0.1, 0.15) is 0 Å². The highest BCUT2D eigenvalue weighted by molar-refractivity contribution is 7.90. The van der Waals surface area contributed by atoms with Crippen LogP contribution >= 0.6 is 0 Å². The van der Waals surface area contributed by atoms with Gasteiger partial charge in [0.2, 0.25) is 0 Å². The predicted molar refractivity (Wildman–Crippen MR) is 38.8 cm³/mol. The number of hydrogen-bond donors (Lipinski definition) is 2. The molecule has 0 aliphatic heterocycles. The molecule has 0 aliphatic carbocycles. The van der Waals surface area contributed by atoms with Gasteiger partial charge in [-0.1, -0.05) is 0 Å². The van der Waals surface area contributed by atoms with Gasteiger partial charge in [0.25, 0.3) is 10.2 Å². The summed E-state index contributed by atoms with van der Waals surface area (Å²) >= 11 is 0. The third-order valence-corrected chi connectivity index (χ3v) is 1.32. The smallest absolute Gasteiger partial charge is 0.255 e. The quantitative estimate of drug-likeness (QED) is 0.606. The van der Waals surface area contributed by atoms with E-state index in [1.54, 1.807) is 0 Å². The van der Waals surface area contributed by atoms with E-state index < -0.39 is 10.2 Å². The van der Waals surface area contributed by atoms with Crippen LogP contribution < -0.4 is 9.86 Å². The van der Waals surface area contributed by atoms with Gasteiger partial charge in [-0.05, 0) is 6.07 Å². The zero-order valence-electron chi connectivity index (χ0n) is 5.43. The maximum atomic E-state index is 10.4. The Labute approximate surface area is 63.7 Å². The minimum absolute atomic E-state index is 0.155. The minimum atomic E-state index is -3.72. The van der Waals surface area contributed by atoms with Crippen molar-refractivity contribution >= 4 is 16.0 Å². The molecule has 6 nitrogen and oxygen atoms in total. The molecule has 0 amide bonds. The lowest BCUT2D eigenvalue weighted by Gasteiger charge is -1.98. The standard InChI is InChI=1S/C4H6N4O2S/c5-11(9,10)8-4-1-2-6-3-7-4/h1-3H,(H2,5,9,10)(H,6,7,8). The Bertz CT molecular complexity index is 321. The van der Waals surface area contributed by atoms with Gasteiger partial charge < -0.3 is 0 Å². The molecule has 3 N–H and O–H groups in total. The summed E-state index contributed by atoms with van der Waals surface area (Å²) in [6, 6.07) is 1.39. The van der Waals surface area contributed by atoms with Crippen LogP contribution in [0.4, 0.5) is 5.82 Å². The lowest BCUT2D eigenvalue weighted by molar-refractivity contribution is 0.602. The van der Waals surface area contributed by atoms with Crippen molar-refractivity contribution in [3.05, 3.63) is 18.6 Å². The maximum absolute atomic E-state index is 10.4. The molecule has 1 heterocycles. The monoisotopic (exact) mass is 174 g/mol. The minimum Gasteiger partial charge on any atom is -0.255 e. The number of nitrogens with two attached hydrogens (primary N) is 1. The first-order valence-electron chi connectivity index (χ1n) is 2.64. The van der Waals surface area contributed by atoms with Crippen LogP contribution in [0.5, 0.6) is 0 Å². The number of anilines is 1. The van der Waals surface area contributed by atoms with Gasteiger partial charge in [0.1, 0.15) is 12.1 Å². The van der Waals surface area contributed by atoms with Gasteiger partial charge >= 0.3 is 0 Å². The summed E-state index contributed by atoms with van der Waals surface area (Å²) in [5.41, 5.74) is 0. The second-order valence-corrected chi connectivity index (χ2v) is 3.04. The Morgan fingerprint density at radius 2 is 2.27 bits per heavy atom. The summed E-state index contributed by atoms with van der Waals surface area (Å²) in [6.07, 6.45) is 2.62. The lowest BCUT2D eigenvalue weighted by Crippen LogP contribution is -2.22. The van der Waals surface area contributed by atoms with Gasteiger partial charge in [-0.2, -0.15) is 8.42 Å². The number of rotatable bonds is 2. The Kier molecular flexibility index (Phi) is 2.01. The Morgan fingerprint density at radius 1 is 1.55 bits per heavy atom. The second kappa shape index (κ2) is 2.81. The molecule has 0 radical (unpaired) electrons. The molecule has 7 heteroatoms. The highest BCUT2D eigenvalue weighted by Gasteiger charge is 2.00. The molecule has 0 spiro atoms. The molecule has 0 unspecified atom stereocenters. The van der Waals surface area contributed by atoms with Crippen molar-refractivity contribution in [3.8, 4) is 0 Å². The van der Waals surface area contributed by atoms with Crippen LogP contribution in [0.2, 0.25) is 0 Å². The number of hydrogen-bond acceptors (Lipinski definition) is 4. The molecule has 11 heavy (non-hydrogen) atoms. The normalized spacial score (nSPS) is 11.0. The summed E-state index contributed by atoms with van der Waals surface area (Å²) in [5, 5.41) is 4.67. The van der Waals surface area contributed by atoms with E-state index in [2.05, 4.69) is 15.1 Å². The molecule has 0 saturated heterocycles. The van der Waals surface area contributed by atoms with Gasteiger partial charge in [-0.15, -0.1) is 0 Å². The van der Waals surface area contributed by atoms with E-state index in [1.807, 2.05) is 4.72 Å². The van der Waals surface area contributed by atoms with E-state index in [9.17, 15) is 8.42 Å². The van der Waals surface area contributed by atoms with Crippen molar-refractivity contribution < 1.29 is 8.42 Å². The summed E-state index contributed by atoms with van der Waals surface area (Å²) in [6.45, 7) is 0. The van der Waals surface area contributed by atoms with Crippen LogP contribution in [0.25, 0.3) is 0 Å². The van der Waals surface area contributed by atoms with Gasteiger partial charge in [-0.3, -0.25) is 4.72 Å². The average molecular weight is 174 g/mol. The van der Waals surface area contributed by atoms with Crippen molar-refractivity contribution in [2.75, 3.05) is 4.72 Å². The largest absolute Gasteiger partial charge is 0.297 e. The summed E-state index contributed by atoms with van der Waals surface area (Å²) < 4.78 is 22.8. The van der Waals surface area contributed by atoms with Crippen LogP contribution in [0, 0.1) is 0 Å². The lowest BCUT2D eigenvalue weighted by atomic mass is 10.6. The molecule has 0 aromatic carbocycles.